The largest absolute Gasteiger partial charge is 0.466 e. The average Bonchev–Trinajstić information content (AvgIpc) is 2.53. The molecule has 0 N–H and O–H groups in total. The van der Waals surface area contributed by atoms with Crippen LogP contribution in [0.2, 0.25) is 0 Å². The van der Waals surface area contributed by atoms with Gasteiger partial charge in [-0.2, -0.15) is 0 Å². The molecule has 0 aliphatic heterocycles. The van der Waals surface area contributed by atoms with E-state index in [1.807, 2.05) is 48.5 Å². The van der Waals surface area contributed by atoms with E-state index in [1.54, 1.807) is 7.11 Å². The highest BCUT2D eigenvalue weighted by molar-refractivity contribution is 9.10. The zero-order valence-electron chi connectivity index (χ0n) is 11.8. The zero-order valence-corrected chi connectivity index (χ0v) is 13.3. The summed E-state index contributed by atoms with van der Waals surface area (Å²) < 4.78 is 22.1. The molecule has 0 bridgehead atoms. The average molecular weight is 353 g/mol. The Balaban J connectivity index is 1.83. The number of hydrogen-bond acceptors (Lipinski definition) is 4. The number of methoxy groups -OCH3 is 1. The number of halogens is 1. The summed E-state index contributed by atoms with van der Waals surface area (Å²) in [6, 6.07) is 15.5. The van der Waals surface area contributed by atoms with Gasteiger partial charge in [0.1, 0.15) is 16.0 Å². The van der Waals surface area contributed by atoms with Crippen LogP contribution in [0.25, 0.3) is 0 Å². The monoisotopic (exact) mass is 352 g/mol. The first-order valence-corrected chi connectivity index (χ1v) is 7.25. The second kappa shape index (κ2) is 8.67. The van der Waals surface area contributed by atoms with E-state index >= 15 is 0 Å². The molecule has 0 amide bonds. The van der Waals surface area contributed by atoms with Gasteiger partial charge in [-0.15, -0.1) is 0 Å². The van der Waals surface area contributed by atoms with Crippen LogP contribution in [0.3, 0.4) is 0 Å². The molecule has 0 saturated carbocycles. The van der Waals surface area contributed by atoms with Crippen LogP contribution in [0.15, 0.2) is 53.0 Å². The van der Waals surface area contributed by atoms with Gasteiger partial charge in [0.05, 0.1) is 6.61 Å². The molecule has 0 fully saturated rings. The first-order valence-electron chi connectivity index (χ1n) is 6.46. The molecule has 0 saturated heterocycles. The lowest BCUT2D eigenvalue weighted by Gasteiger charge is -2.12. The van der Waals surface area contributed by atoms with Crippen LogP contribution in [0.4, 0.5) is 0 Å². The van der Waals surface area contributed by atoms with E-state index < -0.39 is 0 Å². The van der Waals surface area contributed by atoms with Gasteiger partial charge in [-0.25, -0.2) is 0 Å². The fourth-order valence-corrected chi connectivity index (χ4v) is 2.17. The van der Waals surface area contributed by atoms with Crippen LogP contribution in [-0.4, -0.2) is 20.7 Å². The van der Waals surface area contributed by atoms with Crippen molar-refractivity contribution in [2.75, 3.05) is 20.7 Å². The van der Waals surface area contributed by atoms with Crippen LogP contribution in [-0.2, 0) is 16.1 Å². The van der Waals surface area contributed by atoms with Crippen molar-refractivity contribution >= 4 is 15.9 Å². The van der Waals surface area contributed by atoms with Gasteiger partial charge in [-0.3, -0.25) is 0 Å². The Morgan fingerprint density at radius 3 is 2.19 bits per heavy atom. The van der Waals surface area contributed by atoms with E-state index in [-0.39, 0.29) is 13.6 Å². The summed E-state index contributed by atoms with van der Waals surface area (Å²) >= 11 is 3.45. The van der Waals surface area contributed by atoms with Gasteiger partial charge in [-0.05, 0) is 33.6 Å². The van der Waals surface area contributed by atoms with E-state index in [2.05, 4.69) is 15.9 Å². The van der Waals surface area contributed by atoms with E-state index in [4.69, 9.17) is 18.9 Å². The van der Waals surface area contributed by atoms with Crippen LogP contribution in [0.5, 0.6) is 11.5 Å². The highest BCUT2D eigenvalue weighted by Crippen LogP contribution is 2.34. The number of hydrogen-bond donors (Lipinski definition) is 0. The summed E-state index contributed by atoms with van der Waals surface area (Å²) in [6.45, 7) is 0.867. The van der Waals surface area contributed by atoms with E-state index in [1.165, 1.54) is 0 Å². The Bertz CT molecular complexity index is 545. The predicted octanol–water partition coefficient (Wildman–Crippen LogP) is 3.98. The summed E-state index contributed by atoms with van der Waals surface area (Å²) in [6.07, 6.45) is 0. The van der Waals surface area contributed by atoms with Gasteiger partial charge < -0.3 is 18.9 Å². The summed E-state index contributed by atoms with van der Waals surface area (Å²) in [7, 11) is 1.58. The van der Waals surface area contributed by atoms with Crippen molar-refractivity contribution in [2.24, 2.45) is 0 Å². The lowest BCUT2D eigenvalue weighted by atomic mass is 10.2. The minimum absolute atomic E-state index is 0.168. The Labute approximate surface area is 132 Å². The Morgan fingerprint density at radius 2 is 1.52 bits per heavy atom. The lowest BCUT2D eigenvalue weighted by Crippen LogP contribution is -2.04. The van der Waals surface area contributed by atoms with Crippen molar-refractivity contribution in [3.63, 3.8) is 0 Å². The van der Waals surface area contributed by atoms with Gasteiger partial charge in [0.15, 0.2) is 13.6 Å². The van der Waals surface area contributed by atoms with Crippen LogP contribution >= 0.6 is 15.9 Å². The zero-order chi connectivity index (χ0) is 14.9. The molecule has 0 aromatic heterocycles. The Morgan fingerprint density at radius 1 is 0.857 bits per heavy atom. The molecule has 2 aromatic carbocycles. The normalized spacial score (nSPS) is 10.4. The van der Waals surface area contributed by atoms with Crippen LogP contribution in [0.1, 0.15) is 5.56 Å². The van der Waals surface area contributed by atoms with Gasteiger partial charge in [0.25, 0.3) is 0 Å². The topological polar surface area (TPSA) is 36.9 Å². The minimum atomic E-state index is 0.168. The van der Waals surface area contributed by atoms with Gasteiger partial charge >= 0.3 is 0 Å². The van der Waals surface area contributed by atoms with Crippen LogP contribution in [0, 0.1) is 0 Å². The maximum atomic E-state index is 5.59. The van der Waals surface area contributed by atoms with Gasteiger partial charge in [0.2, 0.25) is 0 Å². The fraction of sp³-hybridized carbons (Fsp3) is 0.250. The fourth-order valence-electron chi connectivity index (χ4n) is 1.67. The maximum Gasteiger partial charge on any atom is 0.189 e. The summed E-state index contributed by atoms with van der Waals surface area (Å²) in [5, 5.41) is 0. The first kappa shape index (κ1) is 15.8. The Hall–Kier alpha value is -1.56. The third-order valence-electron chi connectivity index (χ3n) is 2.67. The lowest BCUT2D eigenvalue weighted by molar-refractivity contribution is 0.00413. The second-order valence-corrected chi connectivity index (χ2v) is 5.01. The maximum absolute atomic E-state index is 5.59. The SMILES string of the molecule is COCOc1cccc(OCOCc2ccccc2)c1Br. The van der Waals surface area contributed by atoms with Crippen molar-refractivity contribution in [3.05, 3.63) is 58.6 Å². The van der Waals surface area contributed by atoms with Crippen molar-refractivity contribution in [1.82, 2.24) is 0 Å². The van der Waals surface area contributed by atoms with E-state index in [9.17, 15) is 0 Å². The van der Waals surface area contributed by atoms with Crippen LogP contribution < -0.4 is 9.47 Å². The summed E-state index contributed by atoms with van der Waals surface area (Å²) in [4.78, 5) is 0. The standard InChI is InChI=1S/C16H17BrO4/c1-18-11-20-14-8-5-9-15(16(14)17)21-12-19-10-13-6-3-2-4-7-13/h2-9H,10-12H2,1H3. The predicted molar refractivity (Wildman–Crippen MR) is 83.4 cm³/mol. The van der Waals surface area contributed by atoms with E-state index in [0.29, 0.717) is 18.1 Å². The minimum Gasteiger partial charge on any atom is -0.466 e. The highest BCUT2D eigenvalue weighted by atomic mass is 79.9. The third kappa shape index (κ3) is 5.04. The molecule has 21 heavy (non-hydrogen) atoms. The molecule has 0 spiro atoms. The molecule has 0 aliphatic carbocycles. The summed E-state index contributed by atoms with van der Waals surface area (Å²) in [5.41, 5.74) is 1.11. The molecular formula is C16H17BrO4. The first-order chi connectivity index (χ1) is 10.3. The van der Waals surface area contributed by atoms with Gasteiger partial charge in [0, 0.05) is 7.11 Å². The number of benzene rings is 2. The van der Waals surface area contributed by atoms with E-state index in [0.717, 1.165) is 10.0 Å². The molecule has 0 radical (unpaired) electrons. The quantitative estimate of drug-likeness (QED) is 0.531. The van der Waals surface area contributed by atoms with Crippen molar-refractivity contribution in [1.29, 1.82) is 0 Å². The molecule has 0 unspecified atom stereocenters. The molecule has 2 rings (SSSR count). The van der Waals surface area contributed by atoms with Crippen molar-refractivity contribution in [3.8, 4) is 11.5 Å². The van der Waals surface area contributed by atoms with Gasteiger partial charge in [-0.1, -0.05) is 36.4 Å². The third-order valence-corrected chi connectivity index (χ3v) is 3.45. The number of rotatable bonds is 8. The smallest absolute Gasteiger partial charge is 0.189 e. The molecule has 4 nitrogen and oxygen atoms in total. The summed E-state index contributed by atoms with van der Waals surface area (Å²) in [5.74, 6) is 1.33. The molecule has 2 aromatic rings. The molecule has 5 heteroatoms. The molecule has 0 aliphatic rings. The second-order valence-electron chi connectivity index (χ2n) is 4.22. The highest BCUT2D eigenvalue weighted by Gasteiger charge is 2.07. The molecule has 0 atom stereocenters. The number of ether oxygens (including phenoxy) is 4. The Kier molecular flexibility index (Phi) is 6.53. The molecular weight excluding hydrogens is 336 g/mol. The van der Waals surface area contributed by atoms with Crippen molar-refractivity contribution in [2.45, 2.75) is 6.61 Å². The molecule has 112 valence electrons. The molecule has 0 heterocycles. The van der Waals surface area contributed by atoms with Crippen molar-refractivity contribution < 1.29 is 18.9 Å².